The summed E-state index contributed by atoms with van der Waals surface area (Å²) in [4.78, 5) is 18.2. The molecule has 156 valence electrons. The van der Waals surface area contributed by atoms with E-state index in [1.807, 2.05) is 30.9 Å². The van der Waals surface area contributed by atoms with Gasteiger partial charge in [-0.3, -0.25) is 14.8 Å². The van der Waals surface area contributed by atoms with Crippen molar-refractivity contribution in [2.75, 3.05) is 38.0 Å². The van der Waals surface area contributed by atoms with Gasteiger partial charge in [0.15, 0.2) is 0 Å². The number of hydrogen-bond acceptors (Lipinski definition) is 6. The second-order valence-corrected chi connectivity index (χ2v) is 8.53. The van der Waals surface area contributed by atoms with E-state index in [1.54, 1.807) is 0 Å². The summed E-state index contributed by atoms with van der Waals surface area (Å²) < 4.78 is 0. The van der Waals surface area contributed by atoms with Crippen molar-refractivity contribution in [3.8, 4) is 0 Å². The van der Waals surface area contributed by atoms with Gasteiger partial charge in [-0.1, -0.05) is 6.07 Å². The Morgan fingerprint density at radius 1 is 0.862 bits per heavy atom. The van der Waals surface area contributed by atoms with E-state index < -0.39 is 0 Å². The molecule has 0 saturated carbocycles. The number of nitrogens with zero attached hydrogens (tertiary/aromatic N) is 5. The number of aromatic nitrogens is 3. The lowest BCUT2D eigenvalue weighted by atomic mass is 9.78. The average Bonchev–Trinajstić information content (AvgIpc) is 2.77. The summed E-state index contributed by atoms with van der Waals surface area (Å²) in [5.74, 6) is 2.54. The lowest BCUT2D eigenvalue weighted by molar-refractivity contribution is 0.0908. The zero-order chi connectivity index (χ0) is 19.9. The van der Waals surface area contributed by atoms with E-state index in [2.05, 4.69) is 43.1 Å². The summed E-state index contributed by atoms with van der Waals surface area (Å²) in [6.45, 7) is 9.81. The molecule has 2 aromatic heterocycles. The van der Waals surface area contributed by atoms with E-state index in [0.29, 0.717) is 0 Å². The molecule has 0 aliphatic carbocycles. The molecule has 0 radical (unpaired) electrons. The summed E-state index contributed by atoms with van der Waals surface area (Å²) in [5, 5.41) is 3.15. The third kappa shape index (κ3) is 5.73. The maximum absolute atomic E-state index is 4.40. The van der Waals surface area contributed by atoms with Gasteiger partial charge >= 0.3 is 0 Å². The summed E-state index contributed by atoms with van der Waals surface area (Å²) in [7, 11) is 0. The molecule has 0 atom stereocenters. The van der Waals surface area contributed by atoms with E-state index in [9.17, 15) is 0 Å². The zero-order valence-electron chi connectivity index (χ0n) is 17.6. The van der Waals surface area contributed by atoms with Crippen LogP contribution < -0.4 is 5.32 Å². The van der Waals surface area contributed by atoms with E-state index in [-0.39, 0.29) is 0 Å². The highest BCUT2D eigenvalue weighted by Gasteiger charge is 2.29. The summed E-state index contributed by atoms with van der Waals surface area (Å²) >= 11 is 0. The fourth-order valence-electron chi connectivity index (χ4n) is 4.86. The molecule has 4 heterocycles. The minimum absolute atomic E-state index is 0.727. The normalized spacial score (nSPS) is 20.0. The first-order valence-corrected chi connectivity index (χ1v) is 11.2. The van der Waals surface area contributed by atoms with E-state index in [4.69, 9.17) is 0 Å². The van der Waals surface area contributed by atoms with Crippen molar-refractivity contribution in [1.82, 2.24) is 24.8 Å². The Balaban J connectivity index is 1.18. The summed E-state index contributed by atoms with van der Waals surface area (Å²) in [5.41, 5.74) is 2.55. The van der Waals surface area contributed by atoms with Crippen LogP contribution in [0.4, 0.5) is 5.95 Å². The predicted octanol–water partition coefficient (Wildman–Crippen LogP) is 3.43. The van der Waals surface area contributed by atoms with Crippen molar-refractivity contribution in [2.24, 2.45) is 11.8 Å². The van der Waals surface area contributed by atoms with Gasteiger partial charge in [0.25, 0.3) is 0 Å². The van der Waals surface area contributed by atoms with Crippen LogP contribution in [0.5, 0.6) is 0 Å². The van der Waals surface area contributed by atoms with E-state index >= 15 is 0 Å². The monoisotopic (exact) mass is 394 g/mol. The highest BCUT2D eigenvalue weighted by molar-refractivity contribution is 5.24. The highest BCUT2D eigenvalue weighted by Crippen LogP contribution is 2.33. The molecule has 0 aromatic carbocycles. The van der Waals surface area contributed by atoms with Crippen molar-refractivity contribution in [3.63, 3.8) is 0 Å². The molecule has 2 saturated heterocycles. The van der Waals surface area contributed by atoms with Crippen molar-refractivity contribution in [2.45, 2.75) is 45.7 Å². The maximum Gasteiger partial charge on any atom is 0.222 e. The Kier molecular flexibility index (Phi) is 7.06. The third-order valence-corrected chi connectivity index (χ3v) is 6.51. The van der Waals surface area contributed by atoms with Crippen LogP contribution in [-0.4, -0.2) is 57.5 Å². The van der Waals surface area contributed by atoms with Gasteiger partial charge in [0.05, 0.1) is 0 Å². The number of pyridine rings is 1. The van der Waals surface area contributed by atoms with Crippen LogP contribution in [0.15, 0.2) is 36.9 Å². The minimum atomic E-state index is 0.727. The Morgan fingerprint density at radius 2 is 1.45 bits per heavy atom. The molecule has 2 fully saturated rings. The van der Waals surface area contributed by atoms with Crippen molar-refractivity contribution >= 4 is 5.95 Å². The number of anilines is 1. The van der Waals surface area contributed by atoms with Gasteiger partial charge < -0.3 is 5.32 Å². The lowest BCUT2D eigenvalue weighted by Crippen LogP contribution is -2.40. The van der Waals surface area contributed by atoms with Crippen LogP contribution in [0.25, 0.3) is 0 Å². The maximum atomic E-state index is 4.40. The quantitative estimate of drug-likeness (QED) is 0.776. The van der Waals surface area contributed by atoms with Crippen LogP contribution in [0.3, 0.4) is 0 Å². The lowest BCUT2D eigenvalue weighted by Gasteiger charge is -2.40. The summed E-state index contributed by atoms with van der Waals surface area (Å²) in [6, 6.07) is 4.23. The smallest absolute Gasteiger partial charge is 0.222 e. The van der Waals surface area contributed by atoms with Gasteiger partial charge in [-0.15, -0.1) is 0 Å². The molecule has 6 nitrogen and oxygen atoms in total. The molecule has 4 rings (SSSR count). The second-order valence-electron chi connectivity index (χ2n) is 8.53. The van der Waals surface area contributed by atoms with Gasteiger partial charge in [0.2, 0.25) is 5.95 Å². The number of piperidine rings is 2. The average molecular weight is 395 g/mol. The number of hydrogen-bond donors (Lipinski definition) is 1. The molecule has 1 N–H and O–H groups in total. The fraction of sp³-hybridized carbons (Fsp3) is 0.609. The van der Waals surface area contributed by atoms with Gasteiger partial charge in [-0.05, 0) is 82.3 Å². The summed E-state index contributed by atoms with van der Waals surface area (Å²) in [6.07, 6.45) is 13.2. The number of likely N-dealkylation sites (tertiary alicyclic amines) is 2. The molecule has 2 aromatic rings. The Hall–Kier alpha value is -2.05. The van der Waals surface area contributed by atoms with E-state index in [1.165, 1.54) is 63.0 Å². The topological polar surface area (TPSA) is 57.2 Å². The Labute approximate surface area is 174 Å². The molecule has 0 amide bonds. The van der Waals surface area contributed by atoms with Crippen molar-refractivity contribution in [1.29, 1.82) is 0 Å². The highest BCUT2D eigenvalue weighted by atomic mass is 15.1. The van der Waals surface area contributed by atoms with Crippen LogP contribution in [-0.2, 0) is 13.1 Å². The van der Waals surface area contributed by atoms with Crippen molar-refractivity contribution < 1.29 is 0 Å². The van der Waals surface area contributed by atoms with Crippen LogP contribution >= 0.6 is 0 Å². The molecule has 2 aliphatic heterocycles. The van der Waals surface area contributed by atoms with Crippen LogP contribution in [0, 0.1) is 11.8 Å². The predicted molar refractivity (Wildman–Crippen MR) is 116 cm³/mol. The Bertz CT molecular complexity index is 719. The molecule has 6 heteroatoms. The molecule has 0 bridgehead atoms. The van der Waals surface area contributed by atoms with Crippen molar-refractivity contribution in [3.05, 3.63) is 48.0 Å². The Morgan fingerprint density at radius 3 is 1.97 bits per heavy atom. The van der Waals surface area contributed by atoms with E-state index in [0.717, 1.165) is 37.4 Å². The van der Waals surface area contributed by atoms with Crippen LogP contribution in [0.2, 0.25) is 0 Å². The minimum Gasteiger partial charge on any atom is -0.355 e. The number of rotatable bonds is 7. The molecule has 0 unspecified atom stereocenters. The molecular weight excluding hydrogens is 360 g/mol. The van der Waals surface area contributed by atoms with Gasteiger partial charge in [-0.2, -0.15) is 0 Å². The third-order valence-electron chi connectivity index (χ3n) is 6.51. The van der Waals surface area contributed by atoms with Crippen LogP contribution in [0.1, 0.15) is 43.7 Å². The molecule has 0 spiro atoms. The first kappa shape index (κ1) is 20.2. The van der Waals surface area contributed by atoms with Gasteiger partial charge in [0.1, 0.15) is 0 Å². The molecule has 29 heavy (non-hydrogen) atoms. The number of nitrogens with one attached hydrogen (secondary N) is 1. The zero-order valence-corrected chi connectivity index (χ0v) is 17.6. The fourth-order valence-corrected chi connectivity index (χ4v) is 4.86. The second kappa shape index (κ2) is 10.1. The van der Waals surface area contributed by atoms with Gasteiger partial charge in [0, 0.05) is 50.0 Å². The first-order chi connectivity index (χ1) is 14.3. The van der Waals surface area contributed by atoms with Gasteiger partial charge in [-0.25, -0.2) is 9.97 Å². The first-order valence-electron chi connectivity index (χ1n) is 11.2. The largest absolute Gasteiger partial charge is 0.355 e. The standard InChI is InChI=1S/C23H34N6/c1-2-25-23-26-15-20(16-27-23)18-29-12-7-22(8-13-29)21-5-10-28(11-6-21)17-19-4-3-9-24-14-19/h3-4,9,14-16,21-22H,2,5-8,10-13,17-18H2,1H3,(H,25,26,27). The molecular formula is C23H34N6. The molecule has 2 aliphatic rings. The SMILES string of the molecule is CCNc1ncc(CN2CCC(C3CCN(Cc4cccnc4)CC3)CC2)cn1.